The average molecular weight is 288 g/mol. The smallest absolute Gasteiger partial charge is 0.173 e. The van der Waals surface area contributed by atoms with Crippen molar-refractivity contribution in [2.45, 2.75) is 39.0 Å². The normalized spacial score (nSPS) is 25.9. The number of likely N-dealkylation sites (tertiary alicyclic amines) is 1. The van der Waals surface area contributed by atoms with Gasteiger partial charge in [-0.3, -0.25) is 0 Å². The maximum Gasteiger partial charge on any atom is 0.173 e. The van der Waals surface area contributed by atoms with E-state index in [1.807, 2.05) is 0 Å². The summed E-state index contributed by atoms with van der Waals surface area (Å²) in [6.45, 7) is 4.39. The molecule has 2 aliphatic rings. The summed E-state index contributed by atoms with van der Waals surface area (Å²) in [5.41, 5.74) is 2.39. The molecule has 0 radical (unpaired) electrons. The van der Waals surface area contributed by atoms with E-state index in [4.69, 9.17) is 12.2 Å². The van der Waals surface area contributed by atoms with Gasteiger partial charge in [0.2, 0.25) is 0 Å². The van der Waals surface area contributed by atoms with Gasteiger partial charge in [-0.2, -0.15) is 0 Å². The first kappa shape index (κ1) is 13.9. The first-order valence-electron chi connectivity index (χ1n) is 7.85. The van der Waals surface area contributed by atoms with E-state index in [0.717, 1.165) is 35.7 Å². The van der Waals surface area contributed by atoms with E-state index in [1.165, 1.54) is 37.7 Å². The number of benzene rings is 1. The molecule has 20 heavy (non-hydrogen) atoms. The molecule has 2 nitrogen and oxygen atoms in total. The van der Waals surface area contributed by atoms with Crippen molar-refractivity contribution in [3.05, 3.63) is 29.8 Å². The van der Waals surface area contributed by atoms with Gasteiger partial charge in [-0.05, 0) is 56.0 Å². The average Bonchev–Trinajstić information content (AvgIpc) is 2.49. The van der Waals surface area contributed by atoms with Crippen molar-refractivity contribution in [2.75, 3.05) is 18.4 Å². The highest BCUT2D eigenvalue weighted by molar-refractivity contribution is 7.80. The highest BCUT2D eigenvalue weighted by Crippen LogP contribution is 2.36. The second-order valence-electron chi connectivity index (χ2n) is 6.34. The van der Waals surface area contributed by atoms with Gasteiger partial charge in [0.05, 0.1) is 0 Å². The predicted molar refractivity (Wildman–Crippen MR) is 89.0 cm³/mol. The number of anilines is 1. The fourth-order valence-electron chi connectivity index (χ4n) is 3.62. The van der Waals surface area contributed by atoms with Crippen molar-refractivity contribution in [1.29, 1.82) is 0 Å². The standard InChI is InChI=1S/C17H24N2S/c1-13-6-8-16(9-7-13)18-17(20)19-11-10-14-4-2-3-5-15(14)12-19/h6-9,14-15H,2-5,10-12H2,1H3,(H,18,20)/t14-,15+/m0/s1. The lowest BCUT2D eigenvalue weighted by Crippen LogP contribution is -2.46. The summed E-state index contributed by atoms with van der Waals surface area (Å²) in [6.07, 6.45) is 7.01. The van der Waals surface area contributed by atoms with Crippen molar-refractivity contribution in [2.24, 2.45) is 11.8 Å². The molecule has 1 aromatic carbocycles. The fraction of sp³-hybridized carbons (Fsp3) is 0.588. The van der Waals surface area contributed by atoms with Crippen LogP contribution in [0, 0.1) is 18.8 Å². The lowest BCUT2D eigenvalue weighted by Gasteiger charge is -2.42. The lowest BCUT2D eigenvalue weighted by atomic mass is 9.75. The number of hydrogen-bond acceptors (Lipinski definition) is 1. The lowest BCUT2D eigenvalue weighted by molar-refractivity contribution is 0.131. The number of fused-ring (bicyclic) bond motifs is 1. The third kappa shape index (κ3) is 3.14. The predicted octanol–water partition coefficient (Wildman–Crippen LogP) is 4.20. The van der Waals surface area contributed by atoms with Crippen LogP contribution in [0.2, 0.25) is 0 Å². The van der Waals surface area contributed by atoms with Crippen LogP contribution >= 0.6 is 12.2 Å². The Hall–Kier alpha value is -1.09. The zero-order valence-electron chi connectivity index (χ0n) is 12.3. The molecule has 0 aromatic heterocycles. The molecule has 1 N–H and O–H groups in total. The van der Waals surface area contributed by atoms with E-state index in [9.17, 15) is 0 Å². The van der Waals surface area contributed by atoms with E-state index in [2.05, 4.69) is 41.4 Å². The molecule has 0 amide bonds. The molecule has 1 aromatic rings. The molecule has 2 fully saturated rings. The molecule has 3 heteroatoms. The molecule has 1 heterocycles. The minimum Gasteiger partial charge on any atom is -0.349 e. The number of thiocarbonyl (C=S) groups is 1. The van der Waals surface area contributed by atoms with Crippen molar-refractivity contribution < 1.29 is 0 Å². The first-order chi connectivity index (χ1) is 9.72. The van der Waals surface area contributed by atoms with Gasteiger partial charge in [0.15, 0.2) is 5.11 Å². The topological polar surface area (TPSA) is 15.3 Å². The molecular weight excluding hydrogens is 264 g/mol. The van der Waals surface area contributed by atoms with E-state index < -0.39 is 0 Å². The number of rotatable bonds is 1. The second-order valence-corrected chi connectivity index (χ2v) is 6.72. The number of aryl methyl sites for hydroxylation is 1. The number of nitrogens with one attached hydrogen (secondary N) is 1. The first-order valence-corrected chi connectivity index (χ1v) is 8.26. The quantitative estimate of drug-likeness (QED) is 0.780. The zero-order valence-corrected chi connectivity index (χ0v) is 13.1. The number of hydrogen-bond donors (Lipinski definition) is 1. The molecule has 1 aliphatic heterocycles. The second kappa shape index (κ2) is 6.13. The Kier molecular flexibility index (Phi) is 4.25. The van der Waals surface area contributed by atoms with Crippen LogP contribution in [0.15, 0.2) is 24.3 Å². The Labute approximate surface area is 127 Å². The molecule has 1 aliphatic carbocycles. The van der Waals surface area contributed by atoms with Crippen LogP contribution in [-0.2, 0) is 0 Å². The summed E-state index contributed by atoms with van der Waals surface area (Å²) >= 11 is 5.60. The fourth-order valence-corrected chi connectivity index (χ4v) is 3.91. The Morgan fingerprint density at radius 1 is 1.10 bits per heavy atom. The third-order valence-electron chi connectivity index (χ3n) is 4.88. The summed E-state index contributed by atoms with van der Waals surface area (Å²) < 4.78 is 0. The Bertz CT molecular complexity index is 468. The van der Waals surface area contributed by atoms with Gasteiger partial charge in [-0.1, -0.05) is 37.0 Å². The van der Waals surface area contributed by atoms with Crippen LogP contribution in [0.3, 0.4) is 0 Å². The van der Waals surface area contributed by atoms with E-state index >= 15 is 0 Å². The van der Waals surface area contributed by atoms with Crippen molar-refractivity contribution in [1.82, 2.24) is 4.90 Å². The van der Waals surface area contributed by atoms with Crippen LogP contribution in [0.25, 0.3) is 0 Å². The summed E-state index contributed by atoms with van der Waals surface area (Å²) in [6, 6.07) is 8.46. The molecule has 0 unspecified atom stereocenters. The van der Waals surface area contributed by atoms with Gasteiger partial charge in [-0.15, -0.1) is 0 Å². The minimum atomic E-state index is 0.871. The molecule has 3 rings (SSSR count). The van der Waals surface area contributed by atoms with Crippen molar-refractivity contribution >= 4 is 23.0 Å². The molecule has 108 valence electrons. The van der Waals surface area contributed by atoms with Gasteiger partial charge in [0.1, 0.15) is 0 Å². The molecular formula is C17H24N2S. The summed E-state index contributed by atoms with van der Waals surface area (Å²) in [4.78, 5) is 2.38. The highest BCUT2D eigenvalue weighted by Gasteiger charge is 2.31. The molecule has 0 bridgehead atoms. The Morgan fingerprint density at radius 3 is 2.55 bits per heavy atom. The largest absolute Gasteiger partial charge is 0.349 e. The molecule has 2 atom stereocenters. The van der Waals surface area contributed by atoms with Crippen LogP contribution < -0.4 is 5.32 Å². The van der Waals surface area contributed by atoms with E-state index in [-0.39, 0.29) is 0 Å². The van der Waals surface area contributed by atoms with Gasteiger partial charge in [0.25, 0.3) is 0 Å². The monoisotopic (exact) mass is 288 g/mol. The minimum absolute atomic E-state index is 0.871. The molecule has 0 spiro atoms. The third-order valence-corrected chi connectivity index (χ3v) is 5.24. The van der Waals surface area contributed by atoms with E-state index in [1.54, 1.807) is 0 Å². The zero-order chi connectivity index (χ0) is 13.9. The summed E-state index contributed by atoms with van der Waals surface area (Å²) in [5.74, 6) is 1.83. The number of nitrogens with zero attached hydrogens (tertiary/aromatic N) is 1. The maximum atomic E-state index is 5.60. The van der Waals surface area contributed by atoms with Gasteiger partial charge < -0.3 is 10.2 Å². The van der Waals surface area contributed by atoms with E-state index in [0.29, 0.717) is 0 Å². The van der Waals surface area contributed by atoms with Crippen molar-refractivity contribution in [3.63, 3.8) is 0 Å². The highest BCUT2D eigenvalue weighted by atomic mass is 32.1. The van der Waals surface area contributed by atoms with Gasteiger partial charge in [-0.25, -0.2) is 0 Å². The van der Waals surface area contributed by atoms with Crippen LogP contribution in [-0.4, -0.2) is 23.1 Å². The summed E-state index contributed by atoms with van der Waals surface area (Å²) in [5, 5.41) is 4.29. The maximum absolute atomic E-state index is 5.60. The van der Waals surface area contributed by atoms with Crippen LogP contribution in [0.4, 0.5) is 5.69 Å². The van der Waals surface area contributed by atoms with Crippen LogP contribution in [0.1, 0.15) is 37.7 Å². The molecule has 1 saturated carbocycles. The van der Waals surface area contributed by atoms with Gasteiger partial charge in [0, 0.05) is 18.8 Å². The Balaban J connectivity index is 1.58. The molecule has 1 saturated heterocycles. The summed E-state index contributed by atoms with van der Waals surface area (Å²) in [7, 11) is 0. The SMILES string of the molecule is Cc1ccc(NC(=S)N2CC[C@@H]3CCCC[C@@H]3C2)cc1. The van der Waals surface area contributed by atoms with Crippen LogP contribution in [0.5, 0.6) is 0 Å². The number of piperidine rings is 1. The van der Waals surface area contributed by atoms with Crippen molar-refractivity contribution in [3.8, 4) is 0 Å². The van der Waals surface area contributed by atoms with Gasteiger partial charge >= 0.3 is 0 Å². The Morgan fingerprint density at radius 2 is 1.80 bits per heavy atom.